The maximum atomic E-state index is 6.17. The van der Waals surface area contributed by atoms with Gasteiger partial charge >= 0.3 is 0 Å². The molecular formula is C15H28N4O. The summed E-state index contributed by atoms with van der Waals surface area (Å²) in [6, 6.07) is 0.186. The molecule has 5 nitrogen and oxygen atoms in total. The van der Waals surface area contributed by atoms with Crippen molar-refractivity contribution < 1.29 is 4.74 Å². The van der Waals surface area contributed by atoms with Gasteiger partial charge < -0.3 is 21.5 Å². The molecule has 2 heterocycles. The van der Waals surface area contributed by atoms with Gasteiger partial charge in [0.15, 0.2) is 0 Å². The van der Waals surface area contributed by atoms with Crippen LogP contribution in [0.2, 0.25) is 0 Å². The second-order valence-electron chi connectivity index (χ2n) is 5.75. The number of piperidine rings is 1. The minimum absolute atomic E-state index is 0.0783. The zero-order valence-electron chi connectivity index (χ0n) is 12.5. The van der Waals surface area contributed by atoms with Gasteiger partial charge in [-0.3, -0.25) is 4.99 Å². The number of allylic oxidation sites excluding steroid dienone is 2. The van der Waals surface area contributed by atoms with E-state index in [-0.39, 0.29) is 12.1 Å². The molecule has 1 saturated heterocycles. The summed E-state index contributed by atoms with van der Waals surface area (Å²) >= 11 is 0. The van der Waals surface area contributed by atoms with E-state index in [1.165, 1.54) is 0 Å². The number of rotatable bonds is 5. The van der Waals surface area contributed by atoms with E-state index in [0.717, 1.165) is 56.6 Å². The van der Waals surface area contributed by atoms with Gasteiger partial charge in [0.1, 0.15) is 0 Å². The van der Waals surface area contributed by atoms with Crippen LogP contribution in [0.25, 0.3) is 0 Å². The van der Waals surface area contributed by atoms with E-state index in [9.17, 15) is 0 Å². The normalized spacial score (nSPS) is 29.3. The topological polar surface area (TPSA) is 85.7 Å². The van der Waals surface area contributed by atoms with E-state index in [0.29, 0.717) is 12.7 Å². The van der Waals surface area contributed by atoms with E-state index in [2.05, 4.69) is 12.2 Å². The van der Waals surface area contributed by atoms with Gasteiger partial charge in [0.25, 0.3) is 0 Å². The summed E-state index contributed by atoms with van der Waals surface area (Å²) in [5, 5.41) is 3.34. The highest BCUT2D eigenvalue weighted by Crippen LogP contribution is 2.17. The minimum Gasteiger partial charge on any atom is -0.402 e. The number of nitrogens with zero attached hydrogens (tertiary/aromatic N) is 1. The first-order valence-electron chi connectivity index (χ1n) is 7.79. The quantitative estimate of drug-likeness (QED) is 0.699. The van der Waals surface area contributed by atoms with Crippen LogP contribution in [0.1, 0.15) is 39.0 Å². The molecule has 20 heavy (non-hydrogen) atoms. The lowest BCUT2D eigenvalue weighted by atomic mass is 9.97. The highest BCUT2D eigenvalue weighted by atomic mass is 16.5. The molecule has 1 fully saturated rings. The fourth-order valence-electron chi connectivity index (χ4n) is 2.66. The lowest BCUT2D eigenvalue weighted by Gasteiger charge is -2.29. The van der Waals surface area contributed by atoms with Gasteiger partial charge in [-0.25, -0.2) is 0 Å². The number of nitrogens with two attached hydrogens (primary N) is 2. The summed E-state index contributed by atoms with van der Waals surface area (Å²) in [6.07, 6.45) is 7.28. The van der Waals surface area contributed by atoms with Crippen molar-refractivity contribution in [3.8, 4) is 0 Å². The van der Waals surface area contributed by atoms with E-state index >= 15 is 0 Å². The standard InChI is InChI=1S/C15H28N4O/c1-2-11(16)9-12-3-4-14(17)15(19-12)10-20-13-5-7-18-8-6-13/h9,13-15,18H,2-8,10,16-17H2,1H3. The predicted octanol–water partition coefficient (Wildman–Crippen LogP) is 0.938. The molecule has 0 amide bonds. The van der Waals surface area contributed by atoms with Crippen LogP contribution in [0, 0.1) is 0 Å². The number of aliphatic imine (C=N–C) groups is 1. The molecule has 5 N–H and O–H groups in total. The average Bonchev–Trinajstić information content (AvgIpc) is 2.48. The first kappa shape index (κ1) is 15.5. The third-order valence-corrected chi connectivity index (χ3v) is 4.11. The molecule has 0 radical (unpaired) electrons. The Kier molecular flexibility index (Phi) is 6.01. The second-order valence-corrected chi connectivity index (χ2v) is 5.75. The Bertz CT molecular complexity index is 361. The minimum atomic E-state index is 0.0783. The van der Waals surface area contributed by atoms with E-state index in [1.807, 2.05) is 6.08 Å². The molecule has 0 aromatic carbocycles. The molecule has 0 aliphatic carbocycles. The van der Waals surface area contributed by atoms with Crippen molar-refractivity contribution in [3.63, 3.8) is 0 Å². The van der Waals surface area contributed by atoms with E-state index < -0.39 is 0 Å². The van der Waals surface area contributed by atoms with Crippen molar-refractivity contribution in [2.24, 2.45) is 16.5 Å². The van der Waals surface area contributed by atoms with Crippen molar-refractivity contribution in [2.45, 2.75) is 57.2 Å². The highest BCUT2D eigenvalue weighted by Gasteiger charge is 2.24. The number of ether oxygens (including phenoxy) is 1. The van der Waals surface area contributed by atoms with Crippen LogP contribution in [-0.2, 0) is 4.74 Å². The monoisotopic (exact) mass is 280 g/mol. The molecule has 114 valence electrons. The molecule has 0 saturated carbocycles. The predicted molar refractivity (Wildman–Crippen MR) is 82.8 cm³/mol. The Balaban J connectivity index is 1.88. The molecule has 0 aromatic rings. The molecular weight excluding hydrogens is 252 g/mol. The average molecular weight is 280 g/mol. The Morgan fingerprint density at radius 1 is 1.40 bits per heavy atom. The Labute approximate surface area is 121 Å². The highest BCUT2D eigenvalue weighted by molar-refractivity contribution is 5.96. The van der Waals surface area contributed by atoms with Gasteiger partial charge in [-0.05, 0) is 51.3 Å². The second kappa shape index (κ2) is 7.76. The summed E-state index contributed by atoms with van der Waals surface area (Å²) in [7, 11) is 0. The van der Waals surface area contributed by atoms with Crippen molar-refractivity contribution in [2.75, 3.05) is 19.7 Å². The third-order valence-electron chi connectivity index (χ3n) is 4.11. The molecule has 0 aromatic heterocycles. The summed E-state index contributed by atoms with van der Waals surface area (Å²) in [4.78, 5) is 4.73. The third kappa shape index (κ3) is 4.58. The summed E-state index contributed by atoms with van der Waals surface area (Å²) in [5.74, 6) is 0. The van der Waals surface area contributed by atoms with Gasteiger partial charge in [-0.1, -0.05) is 6.92 Å². The van der Waals surface area contributed by atoms with E-state index in [1.54, 1.807) is 0 Å². The van der Waals surface area contributed by atoms with Crippen LogP contribution in [0.4, 0.5) is 0 Å². The van der Waals surface area contributed by atoms with Crippen molar-refractivity contribution in [1.82, 2.24) is 5.32 Å². The van der Waals surface area contributed by atoms with Crippen LogP contribution in [0.15, 0.2) is 16.8 Å². The first-order valence-corrected chi connectivity index (χ1v) is 7.79. The molecule has 2 atom stereocenters. The fraction of sp³-hybridized carbons (Fsp3) is 0.800. The van der Waals surface area contributed by atoms with Crippen molar-refractivity contribution in [3.05, 3.63) is 11.8 Å². The maximum absolute atomic E-state index is 6.17. The molecule has 2 rings (SSSR count). The molecule has 0 bridgehead atoms. The molecule has 0 spiro atoms. The Morgan fingerprint density at radius 3 is 2.85 bits per heavy atom. The smallest absolute Gasteiger partial charge is 0.0886 e. The van der Waals surface area contributed by atoms with E-state index in [4.69, 9.17) is 21.2 Å². The lowest BCUT2D eigenvalue weighted by Crippen LogP contribution is -2.42. The van der Waals surface area contributed by atoms with Gasteiger partial charge in [-0.2, -0.15) is 0 Å². The van der Waals surface area contributed by atoms with Gasteiger partial charge in [0.05, 0.1) is 18.8 Å². The molecule has 2 aliphatic heterocycles. The number of hydrogen-bond donors (Lipinski definition) is 3. The lowest BCUT2D eigenvalue weighted by molar-refractivity contribution is 0.0215. The Hall–Kier alpha value is -0.910. The molecule has 5 heteroatoms. The van der Waals surface area contributed by atoms with Crippen LogP contribution in [0.5, 0.6) is 0 Å². The van der Waals surface area contributed by atoms with Crippen molar-refractivity contribution >= 4 is 5.71 Å². The fourth-order valence-corrected chi connectivity index (χ4v) is 2.66. The summed E-state index contributed by atoms with van der Waals surface area (Å²) in [5.41, 5.74) is 14.0. The van der Waals surface area contributed by atoms with Crippen LogP contribution < -0.4 is 16.8 Å². The first-order chi connectivity index (χ1) is 9.69. The van der Waals surface area contributed by atoms with Gasteiger partial charge in [0.2, 0.25) is 0 Å². The molecule has 2 unspecified atom stereocenters. The van der Waals surface area contributed by atoms with Gasteiger partial charge in [0, 0.05) is 17.5 Å². The van der Waals surface area contributed by atoms with Crippen LogP contribution in [0.3, 0.4) is 0 Å². The summed E-state index contributed by atoms with van der Waals surface area (Å²) < 4.78 is 5.99. The number of nitrogens with one attached hydrogen (secondary N) is 1. The molecule has 2 aliphatic rings. The largest absolute Gasteiger partial charge is 0.402 e. The zero-order valence-corrected chi connectivity index (χ0v) is 12.5. The van der Waals surface area contributed by atoms with Crippen molar-refractivity contribution in [1.29, 1.82) is 0 Å². The van der Waals surface area contributed by atoms with Gasteiger partial charge in [-0.15, -0.1) is 0 Å². The van der Waals surface area contributed by atoms with Crippen LogP contribution >= 0.6 is 0 Å². The maximum Gasteiger partial charge on any atom is 0.0886 e. The number of hydrogen-bond acceptors (Lipinski definition) is 5. The summed E-state index contributed by atoms with van der Waals surface area (Å²) in [6.45, 7) is 4.78. The zero-order chi connectivity index (χ0) is 14.4. The SMILES string of the molecule is CCC(N)=CC1=NC(COC2CCNCC2)C(N)CC1. The van der Waals surface area contributed by atoms with Crippen LogP contribution in [-0.4, -0.2) is 43.6 Å². The Morgan fingerprint density at radius 2 is 2.15 bits per heavy atom.